The Bertz CT molecular complexity index is 578. The van der Waals surface area contributed by atoms with Crippen LogP contribution in [0.25, 0.3) is 0 Å². The maximum atomic E-state index is 11.9. The van der Waals surface area contributed by atoms with Crippen molar-refractivity contribution in [3.63, 3.8) is 0 Å². The summed E-state index contributed by atoms with van der Waals surface area (Å²) in [6.07, 6.45) is 0. The van der Waals surface area contributed by atoms with E-state index in [-0.39, 0.29) is 48.0 Å². The number of sulfonamides is 1. The first kappa shape index (κ1) is 20.4. The molecule has 0 atom stereocenters. The molecule has 0 fully saturated rings. The Kier molecular flexibility index (Phi) is 9.18. The lowest BCUT2D eigenvalue weighted by Gasteiger charge is -2.09. The minimum atomic E-state index is -3.57. The SMILES string of the molecule is CC(C)NC(N)=NCCNS(=O)(=O)c1cccc(Cl)c1.I. The van der Waals surface area contributed by atoms with E-state index in [0.29, 0.717) is 11.0 Å². The highest BCUT2D eigenvalue weighted by Crippen LogP contribution is 2.14. The van der Waals surface area contributed by atoms with Crippen LogP contribution in [0.2, 0.25) is 5.02 Å². The number of aliphatic imine (C=N–C) groups is 1. The second-order valence-corrected chi connectivity index (χ2v) is 6.62. The minimum absolute atomic E-state index is 0. The summed E-state index contributed by atoms with van der Waals surface area (Å²) in [5, 5.41) is 3.28. The summed E-state index contributed by atoms with van der Waals surface area (Å²) in [6, 6.07) is 6.25. The van der Waals surface area contributed by atoms with Crippen LogP contribution in [0.3, 0.4) is 0 Å². The summed E-state index contributed by atoms with van der Waals surface area (Å²) in [6.45, 7) is 4.29. The molecule has 21 heavy (non-hydrogen) atoms. The number of hydrogen-bond donors (Lipinski definition) is 3. The molecule has 0 aliphatic carbocycles. The summed E-state index contributed by atoms with van der Waals surface area (Å²) in [4.78, 5) is 4.14. The monoisotopic (exact) mass is 446 g/mol. The molecule has 0 heterocycles. The quantitative estimate of drug-likeness (QED) is 0.267. The van der Waals surface area contributed by atoms with Gasteiger partial charge in [0, 0.05) is 17.6 Å². The highest BCUT2D eigenvalue weighted by atomic mass is 127. The van der Waals surface area contributed by atoms with Crippen molar-refractivity contribution in [1.82, 2.24) is 10.0 Å². The molecule has 0 saturated heterocycles. The van der Waals surface area contributed by atoms with Crippen LogP contribution < -0.4 is 15.8 Å². The Labute approximate surface area is 147 Å². The van der Waals surface area contributed by atoms with Crippen LogP contribution >= 0.6 is 35.6 Å². The van der Waals surface area contributed by atoms with E-state index in [1.807, 2.05) is 13.8 Å². The third-order valence-electron chi connectivity index (χ3n) is 2.23. The van der Waals surface area contributed by atoms with Gasteiger partial charge in [-0.05, 0) is 32.0 Å². The van der Waals surface area contributed by atoms with Gasteiger partial charge in [0.25, 0.3) is 0 Å². The summed E-state index contributed by atoms with van der Waals surface area (Å²) < 4.78 is 26.3. The second-order valence-electron chi connectivity index (χ2n) is 4.42. The lowest BCUT2D eigenvalue weighted by atomic mass is 10.4. The molecule has 0 spiro atoms. The van der Waals surface area contributed by atoms with Crippen molar-refractivity contribution in [2.24, 2.45) is 10.7 Å². The van der Waals surface area contributed by atoms with Crippen LogP contribution in [-0.4, -0.2) is 33.5 Å². The van der Waals surface area contributed by atoms with Crippen molar-refractivity contribution in [1.29, 1.82) is 0 Å². The molecule has 0 amide bonds. The highest BCUT2D eigenvalue weighted by Gasteiger charge is 2.13. The fraction of sp³-hybridized carbons (Fsp3) is 0.417. The molecule has 1 rings (SSSR count). The van der Waals surface area contributed by atoms with Gasteiger partial charge in [0.2, 0.25) is 10.0 Å². The number of benzene rings is 1. The van der Waals surface area contributed by atoms with E-state index < -0.39 is 10.0 Å². The van der Waals surface area contributed by atoms with E-state index in [0.717, 1.165) is 0 Å². The van der Waals surface area contributed by atoms with Gasteiger partial charge < -0.3 is 11.1 Å². The fourth-order valence-electron chi connectivity index (χ4n) is 1.42. The standard InChI is InChI=1S/C12H19ClN4O2S.HI/c1-9(2)17-12(14)15-6-7-16-20(18,19)11-5-3-4-10(13)8-11;/h3-5,8-9,16H,6-7H2,1-2H3,(H3,14,15,17);1H. The molecule has 0 aliphatic heterocycles. The molecule has 120 valence electrons. The number of halogens is 2. The normalized spacial score (nSPS) is 12.1. The summed E-state index contributed by atoms with van der Waals surface area (Å²) in [5.41, 5.74) is 5.60. The van der Waals surface area contributed by atoms with E-state index in [1.165, 1.54) is 12.1 Å². The van der Waals surface area contributed by atoms with Crippen LogP contribution in [0.15, 0.2) is 34.2 Å². The van der Waals surface area contributed by atoms with Crippen molar-refractivity contribution in [2.45, 2.75) is 24.8 Å². The second kappa shape index (κ2) is 9.44. The Morgan fingerprint density at radius 1 is 1.43 bits per heavy atom. The summed E-state index contributed by atoms with van der Waals surface area (Å²) >= 11 is 5.76. The zero-order valence-electron chi connectivity index (χ0n) is 11.8. The molecule has 6 nitrogen and oxygen atoms in total. The van der Waals surface area contributed by atoms with Crippen LogP contribution in [0.1, 0.15) is 13.8 Å². The summed E-state index contributed by atoms with van der Waals surface area (Å²) in [5.74, 6) is 0.293. The summed E-state index contributed by atoms with van der Waals surface area (Å²) in [7, 11) is -3.57. The molecule has 0 saturated carbocycles. The van der Waals surface area contributed by atoms with Crippen LogP contribution in [0.4, 0.5) is 0 Å². The molecule has 0 radical (unpaired) electrons. The minimum Gasteiger partial charge on any atom is -0.370 e. The fourth-order valence-corrected chi connectivity index (χ4v) is 2.74. The molecular formula is C12H20ClIN4O2S. The van der Waals surface area contributed by atoms with Crippen LogP contribution in [-0.2, 0) is 10.0 Å². The predicted octanol–water partition coefficient (Wildman–Crippen LogP) is 1.55. The van der Waals surface area contributed by atoms with E-state index in [9.17, 15) is 8.42 Å². The average molecular weight is 447 g/mol. The van der Waals surface area contributed by atoms with Gasteiger partial charge in [0.15, 0.2) is 5.96 Å². The zero-order valence-corrected chi connectivity index (χ0v) is 15.7. The van der Waals surface area contributed by atoms with Gasteiger partial charge in [-0.1, -0.05) is 17.7 Å². The molecule has 1 aromatic rings. The third-order valence-corrected chi connectivity index (χ3v) is 3.92. The van der Waals surface area contributed by atoms with Crippen molar-refractivity contribution >= 4 is 51.6 Å². The van der Waals surface area contributed by atoms with Crippen molar-refractivity contribution in [3.05, 3.63) is 29.3 Å². The van der Waals surface area contributed by atoms with Crippen LogP contribution in [0.5, 0.6) is 0 Å². The van der Waals surface area contributed by atoms with Gasteiger partial charge >= 0.3 is 0 Å². The molecule has 0 aromatic heterocycles. The van der Waals surface area contributed by atoms with Crippen LogP contribution in [0, 0.1) is 0 Å². The van der Waals surface area contributed by atoms with Gasteiger partial charge in [-0.2, -0.15) is 0 Å². The number of nitrogens with one attached hydrogen (secondary N) is 2. The van der Waals surface area contributed by atoms with Crippen molar-refractivity contribution in [3.8, 4) is 0 Å². The van der Waals surface area contributed by atoms with Crippen molar-refractivity contribution < 1.29 is 8.42 Å². The number of guanidine groups is 1. The topological polar surface area (TPSA) is 96.6 Å². The number of nitrogens with two attached hydrogens (primary N) is 1. The molecular weight excluding hydrogens is 427 g/mol. The van der Waals surface area contributed by atoms with Gasteiger partial charge in [0.05, 0.1) is 11.4 Å². The molecule has 1 aromatic carbocycles. The number of nitrogens with zero attached hydrogens (tertiary/aromatic N) is 1. The molecule has 0 bridgehead atoms. The zero-order chi connectivity index (χ0) is 15.2. The first-order chi connectivity index (χ1) is 9.31. The predicted molar refractivity (Wildman–Crippen MR) is 96.8 cm³/mol. The largest absolute Gasteiger partial charge is 0.370 e. The molecule has 0 aliphatic rings. The first-order valence-corrected chi connectivity index (χ1v) is 7.99. The van der Waals surface area contributed by atoms with E-state index in [2.05, 4.69) is 15.0 Å². The third kappa shape index (κ3) is 7.84. The van der Waals surface area contributed by atoms with E-state index >= 15 is 0 Å². The van der Waals surface area contributed by atoms with Gasteiger partial charge in [-0.3, -0.25) is 4.99 Å². The van der Waals surface area contributed by atoms with Gasteiger partial charge in [-0.15, -0.1) is 24.0 Å². The molecule has 0 unspecified atom stereocenters. The Morgan fingerprint density at radius 2 is 2.10 bits per heavy atom. The maximum absolute atomic E-state index is 11.9. The Morgan fingerprint density at radius 3 is 2.67 bits per heavy atom. The highest BCUT2D eigenvalue weighted by molar-refractivity contribution is 14.0. The Hall–Kier alpha value is -0.580. The molecule has 9 heteroatoms. The lowest BCUT2D eigenvalue weighted by molar-refractivity contribution is 0.582. The Balaban J connectivity index is 0.00000400. The molecule has 4 N–H and O–H groups in total. The first-order valence-electron chi connectivity index (χ1n) is 6.13. The van der Waals surface area contributed by atoms with Crippen molar-refractivity contribution in [2.75, 3.05) is 13.1 Å². The maximum Gasteiger partial charge on any atom is 0.240 e. The number of rotatable bonds is 6. The lowest BCUT2D eigenvalue weighted by Crippen LogP contribution is -2.37. The smallest absolute Gasteiger partial charge is 0.240 e. The average Bonchev–Trinajstić information content (AvgIpc) is 2.34. The van der Waals surface area contributed by atoms with Gasteiger partial charge in [-0.25, -0.2) is 13.1 Å². The van der Waals surface area contributed by atoms with E-state index in [1.54, 1.807) is 12.1 Å². The van der Waals surface area contributed by atoms with Gasteiger partial charge in [0.1, 0.15) is 0 Å². The van der Waals surface area contributed by atoms with E-state index in [4.69, 9.17) is 17.3 Å². The number of hydrogen-bond acceptors (Lipinski definition) is 3.